The molecule has 1 fully saturated rings. The van der Waals surface area contributed by atoms with Crippen molar-refractivity contribution in [2.24, 2.45) is 0 Å². The van der Waals surface area contributed by atoms with E-state index in [1.165, 1.54) is 0 Å². The zero-order valence-electron chi connectivity index (χ0n) is 17.1. The fourth-order valence-electron chi connectivity index (χ4n) is 3.25. The molecule has 0 atom stereocenters. The molecule has 0 radical (unpaired) electrons. The predicted octanol–water partition coefficient (Wildman–Crippen LogP) is 3.46. The Kier molecular flexibility index (Phi) is 8.10. The molecule has 2 aromatic rings. The Balaban J connectivity index is 1.48. The fourth-order valence-corrected chi connectivity index (χ4v) is 3.61. The number of hydrogen-bond donors (Lipinski definition) is 2. The molecular weight excluding hydrogens is 448 g/mol. The third kappa shape index (κ3) is 6.47. The highest BCUT2D eigenvalue weighted by Gasteiger charge is 2.17. The first-order valence-corrected chi connectivity index (χ1v) is 10.8. The number of morpholine rings is 1. The highest BCUT2D eigenvalue weighted by atomic mass is 79.9. The molecule has 1 aliphatic heterocycles. The summed E-state index contributed by atoms with van der Waals surface area (Å²) in [6.07, 6.45) is 0.194. The first kappa shape index (κ1) is 22.1. The van der Waals surface area contributed by atoms with E-state index in [1.54, 1.807) is 11.9 Å². The summed E-state index contributed by atoms with van der Waals surface area (Å²) in [5.41, 5.74) is 2.78. The number of benzene rings is 2. The lowest BCUT2D eigenvalue weighted by Gasteiger charge is -2.30. The van der Waals surface area contributed by atoms with Gasteiger partial charge in [-0.15, -0.1) is 0 Å². The molecule has 30 heavy (non-hydrogen) atoms. The average molecular weight is 475 g/mol. The maximum absolute atomic E-state index is 12.5. The van der Waals surface area contributed by atoms with Crippen molar-refractivity contribution in [3.63, 3.8) is 0 Å². The highest BCUT2D eigenvalue weighted by molar-refractivity contribution is 9.10. The zero-order valence-corrected chi connectivity index (χ0v) is 18.7. The van der Waals surface area contributed by atoms with E-state index in [2.05, 4.69) is 31.5 Å². The van der Waals surface area contributed by atoms with Crippen molar-refractivity contribution in [3.8, 4) is 0 Å². The monoisotopic (exact) mass is 474 g/mol. The van der Waals surface area contributed by atoms with Crippen LogP contribution in [0.3, 0.4) is 0 Å². The van der Waals surface area contributed by atoms with E-state index in [0.29, 0.717) is 19.8 Å². The quantitative estimate of drug-likeness (QED) is 0.644. The molecule has 1 saturated heterocycles. The van der Waals surface area contributed by atoms with Gasteiger partial charge in [0.1, 0.15) is 0 Å². The Morgan fingerprint density at radius 2 is 1.87 bits per heavy atom. The van der Waals surface area contributed by atoms with Gasteiger partial charge in [0.05, 0.1) is 24.6 Å². The van der Waals surface area contributed by atoms with Crippen molar-refractivity contribution >= 4 is 39.2 Å². The molecule has 0 saturated carbocycles. The van der Waals surface area contributed by atoms with Crippen LogP contribution in [0.1, 0.15) is 12.0 Å². The normalized spacial score (nSPS) is 13.6. The summed E-state index contributed by atoms with van der Waals surface area (Å²) in [5, 5.41) is 5.77. The molecule has 0 spiro atoms. The smallest absolute Gasteiger partial charge is 0.317 e. The number of rotatable bonds is 7. The Morgan fingerprint density at radius 3 is 2.60 bits per heavy atom. The molecule has 2 N–H and O–H groups in total. The second kappa shape index (κ2) is 11.0. The summed E-state index contributed by atoms with van der Waals surface area (Å²) in [5.74, 6) is -0.145. The molecule has 1 aliphatic rings. The second-order valence-corrected chi connectivity index (χ2v) is 8.05. The first-order valence-electron chi connectivity index (χ1n) is 9.98. The van der Waals surface area contributed by atoms with Gasteiger partial charge in [0.25, 0.3) is 0 Å². The van der Waals surface area contributed by atoms with Gasteiger partial charge in [-0.25, -0.2) is 4.79 Å². The maximum atomic E-state index is 12.5. The lowest BCUT2D eigenvalue weighted by molar-refractivity contribution is -0.116. The summed E-state index contributed by atoms with van der Waals surface area (Å²) >= 11 is 3.47. The minimum atomic E-state index is -0.205. The minimum absolute atomic E-state index is 0.145. The van der Waals surface area contributed by atoms with Crippen LogP contribution < -0.4 is 15.5 Å². The lowest BCUT2D eigenvalue weighted by Crippen LogP contribution is -2.38. The van der Waals surface area contributed by atoms with Crippen LogP contribution in [-0.2, 0) is 16.1 Å². The Hall–Kier alpha value is -2.58. The molecule has 2 aromatic carbocycles. The van der Waals surface area contributed by atoms with Crippen LogP contribution in [0.4, 0.5) is 16.2 Å². The van der Waals surface area contributed by atoms with Gasteiger partial charge in [0.15, 0.2) is 0 Å². The van der Waals surface area contributed by atoms with E-state index in [-0.39, 0.29) is 24.9 Å². The number of halogens is 1. The molecule has 7 nitrogen and oxygen atoms in total. The van der Waals surface area contributed by atoms with Crippen LogP contribution in [0.15, 0.2) is 53.0 Å². The van der Waals surface area contributed by atoms with E-state index in [1.807, 2.05) is 48.5 Å². The first-order chi connectivity index (χ1) is 14.5. The van der Waals surface area contributed by atoms with Gasteiger partial charge in [-0.2, -0.15) is 0 Å². The van der Waals surface area contributed by atoms with Gasteiger partial charge in [-0.3, -0.25) is 4.79 Å². The van der Waals surface area contributed by atoms with Crippen LogP contribution in [0, 0.1) is 0 Å². The van der Waals surface area contributed by atoms with Crippen molar-refractivity contribution in [2.45, 2.75) is 13.0 Å². The molecule has 3 amide bonds. The highest BCUT2D eigenvalue weighted by Crippen LogP contribution is 2.30. The third-order valence-corrected chi connectivity index (χ3v) is 5.32. The Morgan fingerprint density at radius 1 is 1.13 bits per heavy atom. The number of anilines is 2. The summed E-state index contributed by atoms with van der Waals surface area (Å²) in [6.45, 7) is 3.70. The van der Waals surface area contributed by atoms with Crippen LogP contribution in [0.5, 0.6) is 0 Å². The molecular formula is C22H27BrN4O3. The summed E-state index contributed by atoms with van der Waals surface area (Å²) in [4.78, 5) is 28.5. The number of amides is 3. The number of nitrogens with zero attached hydrogens (tertiary/aromatic N) is 2. The average Bonchev–Trinajstić information content (AvgIpc) is 2.75. The number of carbonyl (C=O) groups excluding carboxylic acids is 2. The summed E-state index contributed by atoms with van der Waals surface area (Å²) in [6, 6.07) is 15.4. The van der Waals surface area contributed by atoms with Gasteiger partial charge in [-0.1, -0.05) is 46.3 Å². The number of ether oxygens (including phenoxy) is 1. The molecule has 8 heteroatoms. The standard InChI is InChI=1S/C22H27BrN4O3/c1-26(16-17-5-3-2-4-6-17)22(29)24-10-9-21(28)25-19-15-18(23)7-8-20(19)27-11-13-30-14-12-27/h2-8,15H,9-14,16H2,1H3,(H,24,29)(H,25,28). The van der Waals surface area contributed by atoms with Gasteiger partial charge in [-0.05, 0) is 23.8 Å². The van der Waals surface area contributed by atoms with Crippen LogP contribution in [0.2, 0.25) is 0 Å². The largest absolute Gasteiger partial charge is 0.378 e. The van der Waals surface area contributed by atoms with E-state index in [9.17, 15) is 9.59 Å². The van der Waals surface area contributed by atoms with E-state index in [4.69, 9.17) is 4.74 Å². The van der Waals surface area contributed by atoms with E-state index >= 15 is 0 Å². The molecule has 3 rings (SSSR count). The molecule has 0 unspecified atom stereocenters. The third-order valence-electron chi connectivity index (χ3n) is 4.82. The zero-order chi connectivity index (χ0) is 21.3. The van der Waals surface area contributed by atoms with Crippen LogP contribution >= 0.6 is 15.9 Å². The molecule has 0 aliphatic carbocycles. The number of hydrogen-bond acceptors (Lipinski definition) is 4. The number of urea groups is 1. The van der Waals surface area contributed by atoms with Crippen molar-refractivity contribution in [1.29, 1.82) is 0 Å². The fraction of sp³-hybridized carbons (Fsp3) is 0.364. The minimum Gasteiger partial charge on any atom is -0.378 e. The van der Waals surface area contributed by atoms with E-state index < -0.39 is 0 Å². The second-order valence-electron chi connectivity index (χ2n) is 7.13. The van der Waals surface area contributed by atoms with Crippen molar-refractivity contribution < 1.29 is 14.3 Å². The predicted molar refractivity (Wildman–Crippen MR) is 122 cm³/mol. The van der Waals surface area contributed by atoms with Crippen molar-refractivity contribution in [2.75, 3.05) is 50.1 Å². The van der Waals surface area contributed by atoms with Crippen LogP contribution in [0.25, 0.3) is 0 Å². The van der Waals surface area contributed by atoms with Gasteiger partial charge >= 0.3 is 6.03 Å². The molecule has 160 valence electrons. The van der Waals surface area contributed by atoms with E-state index in [0.717, 1.165) is 34.5 Å². The number of carbonyl (C=O) groups is 2. The van der Waals surface area contributed by atoms with Gasteiger partial charge in [0, 0.05) is 44.1 Å². The topological polar surface area (TPSA) is 73.9 Å². The van der Waals surface area contributed by atoms with Crippen molar-refractivity contribution in [1.82, 2.24) is 10.2 Å². The molecule has 0 aromatic heterocycles. The Bertz CT molecular complexity index is 857. The summed E-state index contributed by atoms with van der Waals surface area (Å²) < 4.78 is 6.31. The van der Waals surface area contributed by atoms with Gasteiger partial charge < -0.3 is 25.2 Å². The SMILES string of the molecule is CN(Cc1ccccc1)C(=O)NCCC(=O)Nc1cc(Br)ccc1N1CCOCC1. The summed E-state index contributed by atoms with van der Waals surface area (Å²) in [7, 11) is 1.73. The molecule has 0 bridgehead atoms. The molecule has 1 heterocycles. The van der Waals surface area contributed by atoms with Crippen molar-refractivity contribution in [3.05, 3.63) is 58.6 Å². The number of nitrogens with one attached hydrogen (secondary N) is 2. The lowest BCUT2D eigenvalue weighted by atomic mass is 10.2. The van der Waals surface area contributed by atoms with Gasteiger partial charge in [0.2, 0.25) is 5.91 Å². The Labute approximate surface area is 185 Å². The van der Waals surface area contributed by atoms with Crippen LogP contribution in [-0.4, -0.2) is 56.7 Å². The maximum Gasteiger partial charge on any atom is 0.317 e.